The van der Waals surface area contributed by atoms with E-state index < -0.39 is 18.1 Å². The van der Waals surface area contributed by atoms with Crippen molar-refractivity contribution in [2.24, 2.45) is 5.92 Å². The summed E-state index contributed by atoms with van der Waals surface area (Å²) in [6.45, 7) is 3.95. The van der Waals surface area contributed by atoms with Gasteiger partial charge in [0.05, 0.1) is 6.04 Å². The molecule has 0 saturated carbocycles. The van der Waals surface area contributed by atoms with Gasteiger partial charge in [-0.2, -0.15) is 0 Å². The zero-order valence-electron chi connectivity index (χ0n) is 13.0. The van der Waals surface area contributed by atoms with Crippen LogP contribution in [0.15, 0.2) is 46.9 Å². The zero-order chi connectivity index (χ0) is 16.8. The van der Waals surface area contributed by atoms with Crippen molar-refractivity contribution < 1.29 is 23.8 Å². The molecule has 0 unspecified atom stereocenters. The molecule has 0 aliphatic rings. The Morgan fingerprint density at radius 3 is 2.43 bits per heavy atom. The monoisotopic (exact) mass is 317 g/mol. The van der Waals surface area contributed by atoms with Gasteiger partial charge in [0.15, 0.2) is 0 Å². The second-order valence-electron chi connectivity index (χ2n) is 5.43. The molecule has 2 aromatic rings. The average molecular weight is 317 g/mol. The summed E-state index contributed by atoms with van der Waals surface area (Å²) in [5, 5.41) is 11.6. The van der Waals surface area contributed by atoms with E-state index in [1.807, 2.05) is 44.2 Å². The molecule has 0 aliphatic heterocycles. The van der Waals surface area contributed by atoms with Crippen molar-refractivity contribution in [2.45, 2.75) is 26.5 Å². The summed E-state index contributed by atoms with van der Waals surface area (Å²) in [7, 11) is 0. The predicted octanol–water partition coefficient (Wildman–Crippen LogP) is 3.60. The minimum Gasteiger partial charge on any atom is -0.475 e. The maximum atomic E-state index is 12.0. The number of hydrogen-bond acceptors (Lipinski definition) is 4. The maximum Gasteiger partial charge on any atom is 0.408 e. The summed E-state index contributed by atoms with van der Waals surface area (Å²) < 4.78 is 10.4. The zero-order valence-corrected chi connectivity index (χ0v) is 13.0. The first-order chi connectivity index (χ1) is 11.0. The highest BCUT2D eigenvalue weighted by Gasteiger charge is 2.23. The van der Waals surface area contributed by atoms with Crippen LogP contribution in [0.5, 0.6) is 0 Å². The fraction of sp³-hybridized carbons (Fsp3) is 0.294. The Balaban J connectivity index is 1.98. The van der Waals surface area contributed by atoms with Crippen LogP contribution in [0, 0.1) is 5.92 Å². The molecule has 2 N–H and O–H groups in total. The minimum absolute atomic E-state index is 0.00655. The van der Waals surface area contributed by atoms with Crippen LogP contribution in [0.3, 0.4) is 0 Å². The van der Waals surface area contributed by atoms with E-state index in [0.717, 1.165) is 5.56 Å². The lowest BCUT2D eigenvalue weighted by molar-refractivity contribution is 0.0658. The van der Waals surface area contributed by atoms with Crippen LogP contribution in [-0.2, 0) is 11.3 Å². The van der Waals surface area contributed by atoms with Gasteiger partial charge in [0.25, 0.3) is 0 Å². The first-order valence-corrected chi connectivity index (χ1v) is 7.27. The van der Waals surface area contributed by atoms with E-state index in [1.165, 1.54) is 6.07 Å². The standard InChI is InChI=1S/C17H19NO5/c1-11(2)15(13-8-9-14(23-13)16(19)20)18-17(21)22-10-12-6-4-3-5-7-12/h3-9,11,15H,10H2,1-2H3,(H,18,21)(H,19,20)/t15-/m1/s1. The molecule has 1 atom stereocenters. The van der Waals surface area contributed by atoms with Crippen LogP contribution in [-0.4, -0.2) is 17.2 Å². The van der Waals surface area contributed by atoms with Crippen LogP contribution in [0.4, 0.5) is 4.79 Å². The summed E-state index contributed by atoms with van der Waals surface area (Å²) in [6.07, 6.45) is -0.583. The number of hydrogen-bond donors (Lipinski definition) is 2. The van der Waals surface area contributed by atoms with Crippen molar-refractivity contribution in [3.63, 3.8) is 0 Å². The lowest BCUT2D eigenvalue weighted by Crippen LogP contribution is -2.32. The number of rotatable bonds is 6. The highest BCUT2D eigenvalue weighted by Crippen LogP contribution is 2.24. The summed E-state index contributed by atoms with van der Waals surface area (Å²) >= 11 is 0. The van der Waals surface area contributed by atoms with E-state index in [2.05, 4.69) is 5.32 Å². The van der Waals surface area contributed by atoms with Crippen LogP contribution < -0.4 is 5.32 Å². The summed E-state index contributed by atoms with van der Waals surface area (Å²) in [5.74, 6) is -0.920. The number of carboxylic acids is 1. The van der Waals surface area contributed by atoms with Crippen LogP contribution in [0.25, 0.3) is 0 Å². The largest absolute Gasteiger partial charge is 0.475 e. The first kappa shape index (κ1) is 16.6. The smallest absolute Gasteiger partial charge is 0.408 e. The van der Waals surface area contributed by atoms with Crippen molar-refractivity contribution in [3.05, 3.63) is 59.5 Å². The number of alkyl carbamates (subject to hydrolysis) is 1. The van der Waals surface area contributed by atoms with Crippen molar-refractivity contribution in [1.82, 2.24) is 5.32 Å². The quantitative estimate of drug-likeness (QED) is 0.849. The van der Waals surface area contributed by atoms with Gasteiger partial charge in [-0.3, -0.25) is 0 Å². The number of ether oxygens (including phenoxy) is 1. The molecule has 0 spiro atoms. The average Bonchev–Trinajstić information content (AvgIpc) is 3.01. The van der Waals surface area contributed by atoms with E-state index in [1.54, 1.807) is 6.07 Å². The van der Waals surface area contributed by atoms with Gasteiger partial charge in [-0.25, -0.2) is 9.59 Å². The Labute approximate surface area is 134 Å². The van der Waals surface area contributed by atoms with Gasteiger partial charge >= 0.3 is 12.1 Å². The lowest BCUT2D eigenvalue weighted by atomic mass is 10.0. The Morgan fingerprint density at radius 2 is 1.87 bits per heavy atom. The van der Waals surface area contributed by atoms with Gasteiger partial charge in [-0.15, -0.1) is 0 Å². The lowest BCUT2D eigenvalue weighted by Gasteiger charge is -2.20. The molecule has 0 fully saturated rings. The van der Waals surface area contributed by atoms with Crippen LogP contribution >= 0.6 is 0 Å². The second-order valence-corrected chi connectivity index (χ2v) is 5.43. The van der Waals surface area contributed by atoms with E-state index in [0.29, 0.717) is 5.76 Å². The predicted molar refractivity (Wildman–Crippen MR) is 83.0 cm³/mol. The van der Waals surface area contributed by atoms with Gasteiger partial charge in [0.1, 0.15) is 12.4 Å². The van der Waals surface area contributed by atoms with Crippen molar-refractivity contribution in [1.29, 1.82) is 0 Å². The second kappa shape index (κ2) is 7.49. The Kier molecular flexibility index (Phi) is 5.41. The summed E-state index contributed by atoms with van der Waals surface area (Å²) in [4.78, 5) is 22.8. The molecule has 1 aromatic carbocycles. The minimum atomic E-state index is -1.15. The fourth-order valence-electron chi connectivity index (χ4n) is 2.09. The first-order valence-electron chi connectivity index (χ1n) is 7.27. The third kappa shape index (κ3) is 4.60. The van der Waals surface area contributed by atoms with Gasteiger partial charge < -0.3 is 19.6 Å². The molecule has 1 amide bonds. The number of carbonyl (C=O) groups is 2. The van der Waals surface area contributed by atoms with Crippen LogP contribution in [0.2, 0.25) is 0 Å². The SMILES string of the molecule is CC(C)[C@@H](NC(=O)OCc1ccccc1)c1ccc(C(=O)O)o1. The number of benzene rings is 1. The van der Waals surface area contributed by atoms with Gasteiger partial charge in [0.2, 0.25) is 5.76 Å². The third-order valence-corrected chi connectivity index (χ3v) is 3.30. The van der Waals surface area contributed by atoms with E-state index >= 15 is 0 Å². The molecule has 6 heteroatoms. The van der Waals surface area contributed by atoms with Gasteiger partial charge in [-0.05, 0) is 23.6 Å². The Bertz CT molecular complexity index is 663. The Hall–Kier alpha value is -2.76. The van der Waals surface area contributed by atoms with Crippen molar-refractivity contribution >= 4 is 12.1 Å². The summed E-state index contributed by atoms with van der Waals surface area (Å²) in [6, 6.07) is 11.8. The molecule has 0 radical (unpaired) electrons. The number of furan rings is 1. The van der Waals surface area contributed by atoms with E-state index in [9.17, 15) is 9.59 Å². The number of aromatic carboxylic acids is 1. The molecule has 122 valence electrons. The van der Waals surface area contributed by atoms with Crippen molar-refractivity contribution in [2.75, 3.05) is 0 Å². The molecule has 2 rings (SSSR count). The maximum absolute atomic E-state index is 12.0. The topological polar surface area (TPSA) is 88.8 Å². The number of amides is 1. The van der Waals surface area contributed by atoms with E-state index in [-0.39, 0.29) is 18.3 Å². The molecule has 1 aromatic heterocycles. The van der Waals surface area contributed by atoms with Gasteiger partial charge in [0, 0.05) is 0 Å². The molecule has 6 nitrogen and oxygen atoms in total. The Morgan fingerprint density at radius 1 is 1.17 bits per heavy atom. The number of carboxylic acid groups (broad SMARTS) is 1. The molecular weight excluding hydrogens is 298 g/mol. The molecule has 0 aliphatic carbocycles. The van der Waals surface area contributed by atoms with Crippen molar-refractivity contribution in [3.8, 4) is 0 Å². The van der Waals surface area contributed by atoms with E-state index in [4.69, 9.17) is 14.3 Å². The van der Waals surface area contributed by atoms with Crippen LogP contribution in [0.1, 0.15) is 41.8 Å². The highest BCUT2D eigenvalue weighted by atomic mass is 16.5. The number of nitrogens with one attached hydrogen (secondary N) is 1. The summed E-state index contributed by atoms with van der Waals surface area (Å²) in [5.41, 5.74) is 0.884. The highest BCUT2D eigenvalue weighted by molar-refractivity contribution is 5.84. The normalized spacial score (nSPS) is 12.0. The molecule has 1 heterocycles. The molecule has 0 saturated heterocycles. The van der Waals surface area contributed by atoms with Gasteiger partial charge in [-0.1, -0.05) is 44.2 Å². The number of carbonyl (C=O) groups excluding carboxylic acids is 1. The third-order valence-electron chi connectivity index (χ3n) is 3.30. The molecular formula is C17H19NO5. The fourth-order valence-corrected chi connectivity index (χ4v) is 2.09. The molecule has 23 heavy (non-hydrogen) atoms. The molecule has 0 bridgehead atoms.